The van der Waals surface area contributed by atoms with Gasteiger partial charge in [0, 0.05) is 114 Å². The monoisotopic (exact) mass is 866 g/mol. The average Bonchev–Trinajstić information content (AvgIpc) is 3.56. The number of aliphatic carboxylic acids is 3. The van der Waals surface area contributed by atoms with Crippen LogP contribution in [0.15, 0.2) is 42.7 Å². The Labute approximate surface area is 357 Å². The second kappa shape index (κ2) is 22.1. The van der Waals surface area contributed by atoms with Crippen LogP contribution in [-0.2, 0) is 24.0 Å². The molecule has 21 heteroatoms. The van der Waals surface area contributed by atoms with Gasteiger partial charge in [0.25, 0.3) is 11.8 Å². The van der Waals surface area contributed by atoms with Gasteiger partial charge in [0.2, 0.25) is 11.8 Å². The summed E-state index contributed by atoms with van der Waals surface area (Å²) < 4.78 is 27.6. The summed E-state index contributed by atoms with van der Waals surface area (Å²) in [7, 11) is 0. The van der Waals surface area contributed by atoms with Crippen LogP contribution >= 0.6 is 0 Å². The molecule has 3 aliphatic rings. The van der Waals surface area contributed by atoms with Gasteiger partial charge in [-0.2, -0.15) is 5.26 Å². The topological polar surface area (TPSA) is 234 Å². The number of hydrogen-bond donors (Lipinski definition) is 4. The molecule has 0 radical (unpaired) electrons. The second-order valence-corrected chi connectivity index (χ2v) is 15.5. The number of rotatable bonds is 14. The third-order valence-corrected chi connectivity index (χ3v) is 10.9. The summed E-state index contributed by atoms with van der Waals surface area (Å²) in [6.45, 7) is 2.43. The van der Waals surface area contributed by atoms with E-state index in [1.54, 1.807) is 37.8 Å². The van der Waals surface area contributed by atoms with Gasteiger partial charge in [-0.3, -0.25) is 53.4 Å². The van der Waals surface area contributed by atoms with E-state index in [4.69, 9.17) is 0 Å². The van der Waals surface area contributed by atoms with Gasteiger partial charge in [-0.25, -0.2) is 8.78 Å². The molecule has 19 nitrogen and oxygen atoms in total. The molecule has 1 aromatic carbocycles. The van der Waals surface area contributed by atoms with E-state index in [2.05, 4.69) is 15.2 Å². The van der Waals surface area contributed by atoms with Crippen molar-refractivity contribution in [1.82, 2.24) is 39.7 Å². The van der Waals surface area contributed by atoms with E-state index in [0.29, 0.717) is 57.9 Å². The largest absolute Gasteiger partial charge is 0.480 e. The van der Waals surface area contributed by atoms with Crippen LogP contribution in [0.25, 0.3) is 12.2 Å². The lowest BCUT2D eigenvalue weighted by atomic mass is 10.1. The number of piperazine rings is 1. The van der Waals surface area contributed by atoms with Crippen LogP contribution in [0, 0.1) is 11.3 Å². The number of alkyl halides is 2. The van der Waals surface area contributed by atoms with E-state index < -0.39 is 61.2 Å². The Morgan fingerprint density at radius 2 is 1.24 bits per heavy atom. The molecule has 1 aromatic heterocycles. The lowest BCUT2D eigenvalue weighted by molar-refractivity contribution is -0.140. The zero-order valence-electron chi connectivity index (χ0n) is 34.3. The van der Waals surface area contributed by atoms with Crippen LogP contribution < -0.4 is 10.2 Å². The minimum absolute atomic E-state index is 0.0648. The van der Waals surface area contributed by atoms with Crippen molar-refractivity contribution in [1.29, 1.82) is 5.26 Å². The predicted octanol–water partition coefficient (Wildman–Crippen LogP) is -0.134. The second-order valence-electron chi connectivity index (χ2n) is 15.5. The number of halogens is 2. The number of aromatic nitrogens is 1. The van der Waals surface area contributed by atoms with Gasteiger partial charge < -0.3 is 35.3 Å². The number of carboxylic acid groups (broad SMARTS) is 3. The van der Waals surface area contributed by atoms with Crippen LogP contribution in [0.3, 0.4) is 0 Å². The summed E-state index contributed by atoms with van der Waals surface area (Å²) in [6, 6.07) is 9.61. The van der Waals surface area contributed by atoms with Gasteiger partial charge in [0.15, 0.2) is 0 Å². The summed E-state index contributed by atoms with van der Waals surface area (Å²) in [5.41, 5.74) is 2.43. The van der Waals surface area contributed by atoms with Gasteiger partial charge in [-0.05, 0) is 23.8 Å². The molecule has 334 valence electrons. The van der Waals surface area contributed by atoms with Crippen molar-refractivity contribution in [2.24, 2.45) is 0 Å². The van der Waals surface area contributed by atoms with Crippen LogP contribution in [0.4, 0.5) is 14.5 Å². The number of amides is 3. The molecule has 2 aromatic rings. The van der Waals surface area contributed by atoms with Crippen molar-refractivity contribution in [3.63, 3.8) is 0 Å². The smallest absolute Gasteiger partial charge is 0.317 e. The summed E-state index contributed by atoms with van der Waals surface area (Å²) in [5, 5.41) is 40.0. The predicted molar refractivity (Wildman–Crippen MR) is 220 cm³/mol. The Bertz CT molecular complexity index is 1960. The van der Waals surface area contributed by atoms with Crippen molar-refractivity contribution < 1.29 is 52.9 Å². The molecule has 0 spiro atoms. The number of nitrogens with one attached hydrogen (secondary N) is 1. The first-order chi connectivity index (χ1) is 29.6. The first-order valence-electron chi connectivity index (χ1n) is 20.2. The SMILES string of the molecule is N#C[C@@H]1CC(F)(F)CN1C(=O)CNC(=O)c1ccncc1/C=C/c1ccc(N2CCN(C(=O)CN3CCN(CC(=O)O)CCN(CC(=O)O)CCN(CC(=O)O)CC3)CC2)cc1. The minimum Gasteiger partial charge on any atom is -0.480 e. The molecule has 0 bridgehead atoms. The molecule has 3 saturated heterocycles. The quantitative estimate of drug-likeness (QED) is 0.194. The molecule has 4 N–H and O–H groups in total. The molecule has 3 fully saturated rings. The fourth-order valence-corrected chi connectivity index (χ4v) is 7.57. The highest BCUT2D eigenvalue weighted by molar-refractivity contribution is 6.00. The van der Waals surface area contributed by atoms with E-state index >= 15 is 0 Å². The Morgan fingerprint density at radius 1 is 0.726 bits per heavy atom. The highest BCUT2D eigenvalue weighted by Gasteiger charge is 2.47. The molecule has 0 aliphatic carbocycles. The van der Waals surface area contributed by atoms with Crippen LogP contribution in [0.1, 0.15) is 27.9 Å². The van der Waals surface area contributed by atoms with E-state index in [1.807, 2.05) is 29.2 Å². The molecule has 3 aliphatic heterocycles. The molecule has 1 atom stereocenters. The average molecular weight is 867 g/mol. The molecule has 0 saturated carbocycles. The fraction of sp³-hybridized carbons (Fsp3) is 0.512. The summed E-state index contributed by atoms with van der Waals surface area (Å²) in [6.07, 6.45) is 5.63. The van der Waals surface area contributed by atoms with E-state index in [1.165, 1.54) is 18.5 Å². The molecular formula is C41H52F2N10O9. The number of anilines is 1. The molecule has 62 heavy (non-hydrogen) atoms. The summed E-state index contributed by atoms with van der Waals surface area (Å²) in [4.78, 5) is 89.7. The van der Waals surface area contributed by atoms with Gasteiger partial charge >= 0.3 is 17.9 Å². The van der Waals surface area contributed by atoms with Crippen molar-refractivity contribution >= 4 is 53.5 Å². The number of likely N-dealkylation sites (tertiary alicyclic amines) is 1. The first kappa shape index (κ1) is 47.0. The number of nitrogens with zero attached hydrogens (tertiary/aromatic N) is 9. The van der Waals surface area contributed by atoms with E-state index in [-0.39, 0.29) is 63.8 Å². The van der Waals surface area contributed by atoms with E-state index in [0.717, 1.165) is 16.2 Å². The normalized spacial score (nSPS) is 20.0. The van der Waals surface area contributed by atoms with Crippen molar-refractivity contribution in [3.05, 3.63) is 59.4 Å². The Balaban J connectivity index is 1.13. The maximum absolute atomic E-state index is 13.8. The first-order valence-corrected chi connectivity index (χ1v) is 20.2. The number of carboxylic acids is 3. The molecule has 0 unspecified atom stereocenters. The molecule has 3 amide bonds. The molecule has 4 heterocycles. The maximum atomic E-state index is 13.8. The van der Waals surface area contributed by atoms with Gasteiger partial charge in [0.05, 0.1) is 45.3 Å². The number of carbonyl (C=O) groups is 6. The molecule has 5 rings (SSSR count). The number of carbonyl (C=O) groups excluding carboxylic acids is 3. The highest BCUT2D eigenvalue weighted by atomic mass is 19.3. The minimum atomic E-state index is -3.17. The summed E-state index contributed by atoms with van der Waals surface area (Å²) >= 11 is 0. The van der Waals surface area contributed by atoms with E-state index in [9.17, 15) is 58.1 Å². The Morgan fingerprint density at radius 3 is 1.74 bits per heavy atom. The van der Waals surface area contributed by atoms with Crippen LogP contribution in [0.2, 0.25) is 0 Å². The van der Waals surface area contributed by atoms with Crippen molar-refractivity contribution in [3.8, 4) is 6.07 Å². The van der Waals surface area contributed by atoms with Crippen molar-refractivity contribution in [2.75, 3.05) is 123 Å². The lowest BCUT2D eigenvalue weighted by Crippen LogP contribution is -2.53. The van der Waals surface area contributed by atoms with Crippen molar-refractivity contribution in [2.45, 2.75) is 18.4 Å². The van der Waals surface area contributed by atoms with Crippen LogP contribution in [0.5, 0.6) is 0 Å². The summed E-state index contributed by atoms with van der Waals surface area (Å²) in [5.74, 6) is -7.73. The highest BCUT2D eigenvalue weighted by Crippen LogP contribution is 2.31. The third-order valence-electron chi connectivity index (χ3n) is 10.9. The maximum Gasteiger partial charge on any atom is 0.317 e. The Hall–Kier alpha value is -6.08. The van der Waals surface area contributed by atoms with Gasteiger partial charge in [-0.15, -0.1) is 0 Å². The number of nitriles is 1. The zero-order chi connectivity index (χ0) is 44.8. The van der Waals surface area contributed by atoms with Gasteiger partial charge in [0.1, 0.15) is 6.04 Å². The zero-order valence-corrected chi connectivity index (χ0v) is 34.3. The number of hydrogen-bond acceptors (Lipinski definition) is 13. The fourth-order valence-electron chi connectivity index (χ4n) is 7.57. The number of benzene rings is 1. The lowest BCUT2D eigenvalue weighted by Gasteiger charge is -2.37. The Kier molecular flexibility index (Phi) is 16.8. The standard InChI is InChI=1S/C41H52F2N10O9/c42-41(43)21-33(22-44)53(29-41)35(54)24-46-40(62)34-7-8-45-23-31(34)4-1-30-2-5-32(6-3-30)51-17-19-52(20-18-51)36(55)25-47-9-11-48(26-37(56)57)13-15-50(28-39(60)61)16-14-49(12-10-47)27-38(58)59/h1-8,23,33H,9-21,24-29H2,(H,46,62)(H,56,57)(H,58,59)(H,60,61)/b4-1+/t33-/m0/s1. The third kappa shape index (κ3) is 14.3. The van der Waals surface area contributed by atoms with Crippen LogP contribution in [-0.4, -0.2) is 215 Å². The number of pyridine rings is 1. The van der Waals surface area contributed by atoms with Gasteiger partial charge in [-0.1, -0.05) is 24.3 Å². The molecular weight excluding hydrogens is 815 g/mol.